The van der Waals surface area contributed by atoms with E-state index in [1.54, 1.807) is 0 Å². The monoisotopic (exact) mass is 364 g/mol. The molecule has 0 aliphatic rings. The highest BCUT2D eigenvalue weighted by atomic mass is 32.1. The Morgan fingerprint density at radius 2 is 0.600 bits per heavy atom. The smallest absolute Gasteiger partial charge is 0.318 e. The molecule has 12 heteroatoms. The van der Waals surface area contributed by atoms with E-state index in [1.165, 1.54) is 0 Å². The lowest BCUT2D eigenvalue weighted by molar-refractivity contribution is -0.142. The minimum Gasteiger partial charge on any atom is -0.480 e. The highest BCUT2D eigenvalue weighted by Gasteiger charge is 2.27. The number of carbonyl (C=O) groups is 4. The highest BCUT2D eigenvalue weighted by Crippen LogP contribution is 2.09. The molecule has 0 heterocycles. The predicted molar refractivity (Wildman–Crippen MR) is 81.6 cm³/mol. The van der Waals surface area contributed by atoms with Gasteiger partial charge < -0.3 is 20.4 Å². The Hall–Kier alpha value is -0.720. The summed E-state index contributed by atoms with van der Waals surface area (Å²) in [4.78, 5) is 40.2. The summed E-state index contributed by atoms with van der Waals surface area (Å²) in [5.41, 5.74) is 0. The van der Waals surface area contributed by atoms with Gasteiger partial charge in [0.25, 0.3) is 0 Å². The molecular formula is C8H12O8S4. The van der Waals surface area contributed by atoms with Crippen LogP contribution in [0.15, 0.2) is 0 Å². The number of hydrogen-bond acceptors (Lipinski definition) is 8. The topological polar surface area (TPSA) is 149 Å². The van der Waals surface area contributed by atoms with Crippen LogP contribution in [-0.4, -0.2) is 65.3 Å². The second-order valence-corrected chi connectivity index (χ2v) is 5.36. The molecule has 0 fully saturated rings. The van der Waals surface area contributed by atoms with E-state index in [9.17, 15) is 19.2 Å². The number of carboxylic acid groups (broad SMARTS) is 4. The van der Waals surface area contributed by atoms with Crippen LogP contribution in [0.1, 0.15) is 0 Å². The molecule has 0 radical (unpaired) electrons. The normalized spacial score (nSPS) is 15.8. The summed E-state index contributed by atoms with van der Waals surface area (Å²) >= 11 is 14.0. The Morgan fingerprint density at radius 1 is 0.500 bits per heavy atom. The van der Waals surface area contributed by atoms with Crippen molar-refractivity contribution < 1.29 is 39.6 Å². The fraction of sp³-hybridized carbons (Fsp3) is 0.500. The largest absolute Gasteiger partial charge is 0.480 e. The molecule has 4 atom stereocenters. The van der Waals surface area contributed by atoms with Crippen molar-refractivity contribution in [1.29, 1.82) is 0 Å². The van der Waals surface area contributed by atoms with Gasteiger partial charge >= 0.3 is 23.9 Å². The van der Waals surface area contributed by atoms with Crippen LogP contribution in [0, 0.1) is 0 Å². The quantitative estimate of drug-likeness (QED) is 0.294. The van der Waals surface area contributed by atoms with E-state index in [0.717, 1.165) is 0 Å². The van der Waals surface area contributed by atoms with Crippen LogP contribution in [0.25, 0.3) is 0 Å². The van der Waals surface area contributed by atoms with Gasteiger partial charge in [0, 0.05) is 0 Å². The second-order valence-electron chi connectivity index (χ2n) is 3.13. The van der Waals surface area contributed by atoms with Crippen molar-refractivity contribution in [2.45, 2.75) is 21.0 Å². The number of carboxylic acids is 4. The summed E-state index contributed by atoms with van der Waals surface area (Å²) in [5, 5.41) is 27.8. The lowest BCUT2D eigenvalue weighted by Gasteiger charge is -2.07. The maximum absolute atomic E-state index is 10.1. The molecule has 0 spiro atoms. The molecule has 0 rings (SSSR count). The molecule has 116 valence electrons. The van der Waals surface area contributed by atoms with Crippen LogP contribution in [0.2, 0.25) is 0 Å². The van der Waals surface area contributed by atoms with Crippen molar-refractivity contribution in [3.05, 3.63) is 0 Å². The molecule has 0 aliphatic carbocycles. The van der Waals surface area contributed by atoms with Crippen LogP contribution >= 0.6 is 50.5 Å². The third-order valence-corrected chi connectivity index (χ3v) is 4.16. The van der Waals surface area contributed by atoms with Crippen molar-refractivity contribution in [2.24, 2.45) is 0 Å². The molecule has 0 saturated carbocycles. The summed E-state index contributed by atoms with van der Waals surface area (Å²) in [6.07, 6.45) is 0. The molecule has 0 aliphatic heterocycles. The van der Waals surface area contributed by atoms with Gasteiger partial charge in [0.1, 0.15) is 21.0 Å². The zero-order chi connectivity index (χ0) is 16.6. The van der Waals surface area contributed by atoms with E-state index in [4.69, 9.17) is 20.4 Å². The van der Waals surface area contributed by atoms with Gasteiger partial charge in [-0.2, -0.15) is 50.5 Å². The summed E-state index contributed by atoms with van der Waals surface area (Å²) in [7, 11) is 0. The van der Waals surface area contributed by atoms with Gasteiger partial charge in [-0.1, -0.05) is 0 Å². The molecular weight excluding hydrogens is 352 g/mol. The fourth-order valence-corrected chi connectivity index (χ4v) is 1.05. The minimum atomic E-state index is -1.29. The number of hydrogen-bond donors (Lipinski definition) is 8. The van der Waals surface area contributed by atoms with Gasteiger partial charge in [0.15, 0.2) is 0 Å². The van der Waals surface area contributed by atoms with Gasteiger partial charge in [-0.25, -0.2) is 0 Å². The third kappa shape index (κ3) is 8.45. The first-order valence-electron chi connectivity index (χ1n) is 4.57. The Kier molecular flexibility index (Phi) is 10.9. The van der Waals surface area contributed by atoms with E-state index < -0.39 is 44.9 Å². The third-order valence-electron chi connectivity index (χ3n) is 1.61. The van der Waals surface area contributed by atoms with Crippen LogP contribution in [-0.2, 0) is 19.2 Å². The van der Waals surface area contributed by atoms with Crippen LogP contribution in [0.4, 0.5) is 0 Å². The number of aliphatic carboxylic acids is 4. The first-order valence-corrected chi connectivity index (χ1v) is 6.63. The Labute approximate surface area is 135 Å². The molecule has 0 bridgehead atoms. The van der Waals surface area contributed by atoms with Crippen molar-refractivity contribution >= 4 is 74.4 Å². The molecule has 4 N–H and O–H groups in total. The first-order chi connectivity index (χ1) is 8.93. The molecule has 0 saturated heterocycles. The average molecular weight is 364 g/mol. The lowest BCUT2D eigenvalue weighted by atomic mass is 10.3. The molecule has 0 aromatic heterocycles. The lowest BCUT2D eigenvalue weighted by Crippen LogP contribution is -2.31. The highest BCUT2D eigenvalue weighted by molar-refractivity contribution is 7.86. The maximum atomic E-state index is 10.1. The van der Waals surface area contributed by atoms with Gasteiger partial charge in [0.2, 0.25) is 0 Å². The Balaban J connectivity index is 0. The van der Waals surface area contributed by atoms with Gasteiger partial charge in [0.05, 0.1) is 0 Å². The molecule has 0 amide bonds. The Morgan fingerprint density at radius 3 is 0.650 bits per heavy atom. The Bertz CT molecular complexity index is 315. The van der Waals surface area contributed by atoms with Crippen LogP contribution in [0.3, 0.4) is 0 Å². The van der Waals surface area contributed by atoms with Crippen LogP contribution in [0.5, 0.6) is 0 Å². The maximum Gasteiger partial charge on any atom is 0.318 e. The molecule has 4 unspecified atom stereocenters. The first kappa shape index (κ1) is 21.6. The summed E-state index contributed by atoms with van der Waals surface area (Å²) < 4.78 is 0. The molecule has 8 nitrogen and oxygen atoms in total. The molecule has 0 aromatic carbocycles. The van der Waals surface area contributed by atoms with Gasteiger partial charge in [-0.15, -0.1) is 0 Å². The van der Waals surface area contributed by atoms with Gasteiger partial charge in [-0.05, 0) is 0 Å². The minimum absolute atomic E-state index is 1.26. The number of thiol groups is 4. The van der Waals surface area contributed by atoms with Crippen molar-refractivity contribution in [1.82, 2.24) is 0 Å². The molecule has 20 heavy (non-hydrogen) atoms. The predicted octanol–water partition coefficient (Wildman–Crippen LogP) is -0.495. The summed E-state index contributed by atoms with van der Waals surface area (Å²) in [6.45, 7) is 0. The summed E-state index contributed by atoms with van der Waals surface area (Å²) in [5.74, 6) is -5.15. The van der Waals surface area contributed by atoms with E-state index in [1.807, 2.05) is 0 Å². The van der Waals surface area contributed by atoms with E-state index in [-0.39, 0.29) is 0 Å². The van der Waals surface area contributed by atoms with Crippen LogP contribution < -0.4 is 0 Å². The second kappa shape index (κ2) is 10.1. The van der Waals surface area contributed by atoms with E-state index >= 15 is 0 Å². The zero-order valence-electron chi connectivity index (χ0n) is 9.52. The van der Waals surface area contributed by atoms with Gasteiger partial charge in [-0.3, -0.25) is 19.2 Å². The molecule has 0 aromatic rings. The average Bonchev–Trinajstić information content (AvgIpc) is 2.35. The SMILES string of the molecule is O=C(O)C(S)C(S)C(=O)O.O=C(O)C(S)C(S)C(=O)O. The fourth-order valence-electron chi connectivity index (χ4n) is 0.540. The zero-order valence-corrected chi connectivity index (χ0v) is 13.1. The van der Waals surface area contributed by atoms with Crippen molar-refractivity contribution in [2.75, 3.05) is 0 Å². The van der Waals surface area contributed by atoms with E-state index in [0.29, 0.717) is 0 Å². The van der Waals surface area contributed by atoms with Crippen molar-refractivity contribution in [3.8, 4) is 0 Å². The van der Waals surface area contributed by atoms with E-state index in [2.05, 4.69) is 50.5 Å². The van der Waals surface area contributed by atoms with Crippen molar-refractivity contribution in [3.63, 3.8) is 0 Å². The summed E-state index contributed by atoms with van der Waals surface area (Å²) in [6, 6.07) is 0. The standard InChI is InChI=1S/2C4H6O4S2/c2*5-3(6)1(9)2(10)4(7)8/h2*1-2,9-10H,(H,5,6)(H,7,8). The number of rotatable bonds is 6.